The van der Waals surface area contributed by atoms with Gasteiger partial charge in [-0.1, -0.05) is 212 Å². The van der Waals surface area contributed by atoms with Crippen LogP contribution in [0.25, 0.3) is 0 Å². The van der Waals surface area contributed by atoms with Gasteiger partial charge in [-0.25, -0.2) is 0 Å². The second kappa shape index (κ2) is 48.8. The van der Waals surface area contributed by atoms with Crippen molar-refractivity contribution < 1.29 is 37.3 Å². The molecule has 1 amide bonds. The molecular formula is C58H111N2O7P. The van der Waals surface area contributed by atoms with E-state index in [0.717, 1.165) is 89.9 Å². The highest BCUT2D eigenvalue weighted by atomic mass is 31.2. The number of rotatable bonds is 52. The Hall–Kier alpha value is -1.77. The van der Waals surface area contributed by atoms with Gasteiger partial charge < -0.3 is 28.5 Å². The first kappa shape index (κ1) is 66.2. The Morgan fingerprint density at radius 2 is 0.853 bits per heavy atom. The molecule has 0 aliphatic heterocycles. The van der Waals surface area contributed by atoms with Crippen molar-refractivity contribution in [3.05, 3.63) is 36.5 Å². The maximum Gasteiger partial charge on any atom is 0.306 e. The van der Waals surface area contributed by atoms with E-state index in [0.29, 0.717) is 17.4 Å². The van der Waals surface area contributed by atoms with Crippen LogP contribution < -0.4 is 10.2 Å². The lowest BCUT2D eigenvalue weighted by molar-refractivity contribution is -0.870. The number of quaternary nitrogens is 1. The fraction of sp³-hybridized carbons (Fsp3) is 0.862. The molecule has 0 rings (SSSR count). The Morgan fingerprint density at radius 3 is 1.26 bits per heavy atom. The summed E-state index contributed by atoms with van der Waals surface area (Å²) in [7, 11) is 1.18. The van der Waals surface area contributed by atoms with Gasteiger partial charge in [-0.05, 0) is 83.1 Å². The predicted molar refractivity (Wildman–Crippen MR) is 289 cm³/mol. The zero-order chi connectivity index (χ0) is 50.1. The lowest BCUT2D eigenvalue weighted by atomic mass is 10.1. The number of hydrogen-bond donors (Lipinski definition) is 1. The molecule has 0 aliphatic carbocycles. The Morgan fingerprint density at radius 1 is 0.500 bits per heavy atom. The van der Waals surface area contributed by atoms with Crippen molar-refractivity contribution in [2.45, 2.75) is 283 Å². The van der Waals surface area contributed by atoms with Crippen LogP contribution in [0.5, 0.6) is 0 Å². The summed E-state index contributed by atoms with van der Waals surface area (Å²) in [6, 6.07) is -0.890. The summed E-state index contributed by atoms with van der Waals surface area (Å²) >= 11 is 0. The number of carbonyl (C=O) groups excluding carboxylic acids is 2. The summed E-state index contributed by atoms with van der Waals surface area (Å²) in [5, 5.41) is 3.01. The molecule has 1 N–H and O–H groups in total. The van der Waals surface area contributed by atoms with E-state index in [1.54, 1.807) is 0 Å². The average Bonchev–Trinajstić information content (AvgIpc) is 3.29. The molecule has 3 unspecified atom stereocenters. The first-order valence-electron chi connectivity index (χ1n) is 28.8. The molecule has 3 atom stereocenters. The molecule has 0 spiro atoms. The quantitative estimate of drug-likeness (QED) is 0.0212. The normalized spacial score (nSPS) is 14.0. The van der Waals surface area contributed by atoms with E-state index in [-0.39, 0.29) is 24.9 Å². The smallest absolute Gasteiger partial charge is 0.306 e. The summed E-state index contributed by atoms with van der Waals surface area (Å²) < 4.78 is 30.2. The highest BCUT2D eigenvalue weighted by Crippen LogP contribution is 2.38. The predicted octanol–water partition coefficient (Wildman–Crippen LogP) is 16.5. The van der Waals surface area contributed by atoms with Crippen LogP contribution >= 0.6 is 7.82 Å². The second-order valence-electron chi connectivity index (χ2n) is 20.8. The first-order valence-corrected chi connectivity index (χ1v) is 30.3. The number of phosphoric acid groups is 1. The minimum Gasteiger partial charge on any atom is -0.756 e. The van der Waals surface area contributed by atoms with Crippen LogP contribution in [-0.2, 0) is 27.9 Å². The van der Waals surface area contributed by atoms with Gasteiger partial charge in [-0.2, -0.15) is 0 Å². The van der Waals surface area contributed by atoms with E-state index < -0.39 is 26.6 Å². The van der Waals surface area contributed by atoms with Crippen molar-refractivity contribution in [2.24, 2.45) is 0 Å². The molecule has 10 heteroatoms. The third kappa shape index (κ3) is 49.2. The topological polar surface area (TPSA) is 114 Å². The lowest BCUT2D eigenvalue weighted by Crippen LogP contribution is -2.47. The maximum atomic E-state index is 13.5. The van der Waals surface area contributed by atoms with Crippen LogP contribution in [0.1, 0.15) is 271 Å². The number of amides is 1. The number of carbonyl (C=O) groups is 2. The average molecular weight is 980 g/mol. The fourth-order valence-corrected chi connectivity index (χ4v) is 9.00. The molecule has 0 heterocycles. The summed E-state index contributed by atoms with van der Waals surface area (Å²) in [5.41, 5.74) is 0. The molecule has 0 aromatic heterocycles. The molecular weight excluding hydrogens is 868 g/mol. The molecule has 0 bridgehead atoms. The van der Waals surface area contributed by atoms with Crippen LogP contribution in [0, 0.1) is 0 Å². The van der Waals surface area contributed by atoms with E-state index in [1.165, 1.54) is 148 Å². The van der Waals surface area contributed by atoms with Gasteiger partial charge in [0.1, 0.15) is 19.3 Å². The van der Waals surface area contributed by atoms with Gasteiger partial charge in [0.15, 0.2) is 0 Å². The second-order valence-corrected chi connectivity index (χ2v) is 22.2. The van der Waals surface area contributed by atoms with Gasteiger partial charge in [0.25, 0.3) is 7.82 Å². The molecule has 400 valence electrons. The molecule has 0 radical (unpaired) electrons. The minimum absolute atomic E-state index is 0.0233. The SMILES string of the molecule is CCCCCC/C=C\CCCCCCCCCC(=O)OC(/C=C/CCCCCCCCCCC)C(COP(=O)([O-])OCC[N+](C)(C)C)NC(=O)CCCCCCC/C=C/CCCCCCCCC. The highest BCUT2D eigenvalue weighted by Gasteiger charge is 2.27. The minimum atomic E-state index is -4.69. The van der Waals surface area contributed by atoms with Gasteiger partial charge in [0, 0.05) is 12.8 Å². The van der Waals surface area contributed by atoms with Crippen LogP contribution in [0.2, 0.25) is 0 Å². The molecule has 0 saturated carbocycles. The van der Waals surface area contributed by atoms with E-state index in [2.05, 4.69) is 50.4 Å². The lowest BCUT2D eigenvalue weighted by Gasteiger charge is -2.30. The van der Waals surface area contributed by atoms with Crippen molar-refractivity contribution in [3.63, 3.8) is 0 Å². The maximum absolute atomic E-state index is 13.5. The zero-order valence-corrected chi connectivity index (χ0v) is 46.5. The van der Waals surface area contributed by atoms with Crippen molar-refractivity contribution >= 4 is 19.7 Å². The van der Waals surface area contributed by atoms with Gasteiger partial charge in [0.2, 0.25) is 5.91 Å². The number of allylic oxidation sites excluding steroid dienone is 5. The molecule has 68 heavy (non-hydrogen) atoms. The standard InChI is InChI=1S/C58H111N2O7P/c1-7-10-13-16-19-22-25-27-29-31-32-35-38-41-44-47-50-57(61)59-55(54-66-68(63,64)65-53-52-60(4,5)6)56(49-46-43-40-37-34-24-21-18-15-12-9-3)67-58(62)51-48-45-42-39-36-33-30-28-26-23-20-17-14-11-8-2/h23,26,29,31,46,49,55-56H,7-22,24-25,27-28,30,32-45,47-48,50-54H2,1-6H3,(H-,59,61,63,64)/b26-23-,31-29+,49-46+. The van der Waals surface area contributed by atoms with Gasteiger partial charge >= 0.3 is 5.97 Å². The highest BCUT2D eigenvalue weighted by molar-refractivity contribution is 7.45. The number of likely N-dealkylation sites (N-methyl/N-ethyl adjacent to an activating group) is 1. The third-order valence-corrected chi connectivity index (χ3v) is 13.8. The zero-order valence-electron chi connectivity index (χ0n) is 45.6. The summed E-state index contributed by atoms with van der Waals surface area (Å²) in [6.07, 6.45) is 56.7. The van der Waals surface area contributed by atoms with E-state index in [1.807, 2.05) is 33.3 Å². The molecule has 0 saturated heterocycles. The molecule has 0 aromatic carbocycles. The van der Waals surface area contributed by atoms with Crippen molar-refractivity contribution in [1.82, 2.24) is 5.32 Å². The van der Waals surface area contributed by atoms with Crippen LogP contribution in [-0.4, -0.2) is 69.4 Å². The number of nitrogens with one attached hydrogen (secondary N) is 1. The van der Waals surface area contributed by atoms with Crippen LogP contribution in [0.4, 0.5) is 0 Å². The largest absolute Gasteiger partial charge is 0.756 e. The number of unbranched alkanes of at least 4 members (excludes halogenated alkanes) is 32. The summed E-state index contributed by atoms with van der Waals surface area (Å²) in [4.78, 5) is 39.8. The Kier molecular flexibility index (Phi) is 47.6. The van der Waals surface area contributed by atoms with E-state index >= 15 is 0 Å². The molecule has 0 fully saturated rings. The number of phosphoric ester groups is 1. The van der Waals surface area contributed by atoms with Gasteiger partial charge in [-0.15, -0.1) is 0 Å². The summed E-state index contributed by atoms with van der Waals surface area (Å²) in [5.74, 6) is -0.550. The van der Waals surface area contributed by atoms with E-state index in [4.69, 9.17) is 13.8 Å². The Labute approximate surface area is 421 Å². The number of esters is 1. The molecule has 0 aromatic rings. The molecule has 9 nitrogen and oxygen atoms in total. The first-order chi connectivity index (χ1) is 32.9. The van der Waals surface area contributed by atoms with Gasteiger partial charge in [0.05, 0.1) is 33.8 Å². The van der Waals surface area contributed by atoms with Crippen molar-refractivity contribution in [1.29, 1.82) is 0 Å². The van der Waals surface area contributed by atoms with Crippen LogP contribution in [0.3, 0.4) is 0 Å². The summed E-state index contributed by atoms with van der Waals surface area (Å²) in [6.45, 7) is 6.82. The fourth-order valence-electron chi connectivity index (χ4n) is 8.28. The Balaban J connectivity index is 5.33. The van der Waals surface area contributed by atoms with Crippen molar-refractivity contribution in [3.8, 4) is 0 Å². The number of nitrogens with zero attached hydrogens (tertiary/aromatic N) is 1. The number of hydrogen-bond acceptors (Lipinski definition) is 7. The van der Waals surface area contributed by atoms with Gasteiger partial charge in [-0.3, -0.25) is 14.2 Å². The Bertz CT molecular complexity index is 1270. The third-order valence-electron chi connectivity index (χ3n) is 12.8. The van der Waals surface area contributed by atoms with E-state index in [9.17, 15) is 19.0 Å². The molecule has 0 aliphatic rings. The monoisotopic (exact) mass is 979 g/mol. The number of ether oxygens (including phenoxy) is 1. The van der Waals surface area contributed by atoms with Crippen molar-refractivity contribution in [2.75, 3.05) is 40.9 Å². The van der Waals surface area contributed by atoms with Crippen LogP contribution in [0.15, 0.2) is 36.5 Å².